The number of allylic oxidation sites excluding steroid dienone is 5. The summed E-state index contributed by atoms with van der Waals surface area (Å²) in [4.78, 5) is 0. The molecule has 420 valence electrons. The molecule has 2 heteroatoms. The molecule has 0 atom stereocenters. The van der Waals surface area contributed by atoms with Crippen LogP contribution in [0.25, 0.3) is 12.2 Å². The van der Waals surface area contributed by atoms with Crippen molar-refractivity contribution in [3.05, 3.63) is 181 Å². The van der Waals surface area contributed by atoms with Crippen LogP contribution in [0.3, 0.4) is 0 Å². The molecule has 2 nitrogen and oxygen atoms in total. The van der Waals surface area contributed by atoms with Crippen molar-refractivity contribution in [3.63, 3.8) is 0 Å². The van der Waals surface area contributed by atoms with Gasteiger partial charge in [-0.15, -0.1) is 19.7 Å². The Bertz CT molecular complexity index is 2180. The van der Waals surface area contributed by atoms with E-state index in [1.807, 2.05) is 0 Å². The summed E-state index contributed by atoms with van der Waals surface area (Å²) >= 11 is 0. The lowest BCUT2D eigenvalue weighted by atomic mass is 9.77. The second-order valence-electron chi connectivity index (χ2n) is 23.5. The highest BCUT2D eigenvalue weighted by atomic mass is 16.5. The molecule has 4 fully saturated rings. The predicted octanol–water partition coefficient (Wildman–Crippen LogP) is 23.2. The zero-order valence-corrected chi connectivity index (χ0v) is 49.6. The highest BCUT2D eigenvalue weighted by Crippen LogP contribution is 2.41. The molecule has 4 aromatic carbocycles. The van der Waals surface area contributed by atoms with Crippen molar-refractivity contribution in [2.24, 2.45) is 23.7 Å². The van der Waals surface area contributed by atoms with Gasteiger partial charge in [0.1, 0.15) is 11.5 Å². The van der Waals surface area contributed by atoms with Crippen LogP contribution in [0.2, 0.25) is 0 Å². The highest BCUT2D eigenvalue weighted by molar-refractivity contribution is 5.50. The van der Waals surface area contributed by atoms with Crippen LogP contribution in [0.1, 0.15) is 259 Å². The fourth-order valence-corrected chi connectivity index (χ4v) is 12.8. The van der Waals surface area contributed by atoms with Crippen molar-refractivity contribution in [2.45, 2.75) is 225 Å². The molecule has 0 spiro atoms. The van der Waals surface area contributed by atoms with Gasteiger partial charge in [-0.05, 0) is 254 Å². The first-order chi connectivity index (χ1) is 37.8. The third-order valence-electron chi connectivity index (χ3n) is 17.6. The molecule has 0 aliphatic heterocycles. The SMILES string of the molecule is C=CCC1CCC(c2ccc(C=CC)cc2)CC1.C=CCC1CCC(c2ccc(OCCCC)cc2)CC1.C=CCC1CCC(c2ccc(OCCCCC)cc2)CC1.CC=Cc1ccc(C2CCC(CCC)CC2)cc1. The quantitative estimate of drug-likeness (QED) is 0.0544. The van der Waals surface area contributed by atoms with E-state index >= 15 is 0 Å². The summed E-state index contributed by atoms with van der Waals surface area (Å²) in [5.41, 5.74) is 8.69. The molecule has 8 rings (SSSR count). The molecule has 0 unspecified atom stereocenters. The summed E-state index contributed by atoms with van der Waals surface area (Å²) in [5.74, 6) is 8.79. The Morgan fingerprint density at radius 2 is 0.662 bits per heavy atom. The molecule has 0 bridgehead atoms. The van der Waals surface area contributed by atoms with Crippen molar-refractivity contribution in [3.8, 4) is 11.5 Å². The van der Waals surface area contributed by atoms with Crippen molar-refractivity contribution in [1.29, 1.82) is 0 Å². The zero-order valence-electron chi connectivity index (χ0n) is 49.6. The second kappa shape index (κ2) is 37.9. The molecule has 4 aliphatic carbocycles. The number of rotatable bonds is 23. The molecular weight excluding hydrogens is 933 g/mol. The standard InChI is InChI=1S/C20H30O.C19H28O.C18H26.C18H24/c1-3-5-6-16-21-20-14-12-19(13-15-20)18-10-8-17(7-4-2)9-11-18;1-3-5-15-20-19-13-11-18(12-14-19)17-9-7-16(6-4-2)8-10-17;2*1-3-5-15-7-11-17(12-8-15)18-13-9-16(6-4-2)10-14-18/h4,12-15,17-18H,2-3,5-11,16H2,1H3;4,11-14,16-17H,2-3,5-10,15H2,1H3;3,5,7-8,11-12,16,18H,4,6,9-10,13-14H2,1-2H3;3-4,6,9-10,13-15,17H,1,5,7-8,11-12H2,2H3. The van der Waals surface area contributed by atoms with Crippen LogP contribution in [-0.4, -0.2) is 13.2 Å². The van der Waals surface area contributed by atoms with Gasteiger partial charge in [0.2, 0.25) is 0 Å². The van der Waals surface area contributed by atoms with Gasteiger partial charge >= 0.3 is 0 Å². The summed E-state index contributed by atoms with van der Waals surface area (Å²) in [6, 6.07) is 35.9. The number of hydrogen-bond donors (Lipinski definition) is 0. The van der Waals surface area contributed by atoms with E-state index in [0.717, 1.165) is 84.9 Å². The first-order valence-corrected chi connectivity index (χ1v) is 31.6. The van der Waals surface area contributed by atoms with E-state index in [-0.39, 0.29) is 0 Å². The van der Waals surface area contributed by atoms with Crippen LogP contribution in [0.15, 0.2) is 147 Å². The van der Waals surface area contributed by atoms with Crippen LogP contribution >= 0.6 is 0 Å². The summed E-state index contributed by atoms with van der Waals surface area (Å²) in [5, 5.41) is 0. The maximum absolute atomic E-state index is 5.79. The van der Waals surface area contributed by atoms with Gasteiger partial charge < -0.3 is 9.47 Å². The molecule has 0 radical (unpaired) electrons. The fourth-order valence-electron chi connectivity index (χ4n) is 12.8. The molecule has 0 heterocycles. The summed E-state index contributed by atoms with van der Waals surface area (Å²) in [6.07, 6.45) is 48.9. The van der Waals surface area contributed by atoms with E-state index in [2.05, 4.69) is 194 Å². The molecule has 0 N–H and O–H groups in total. The lowest BCUT2D eigenvalue weighted by molar-refractivity contribution is 0.305. The fraction of sp³-hybridized carbons (Fsp3) is 0.547. The van der Waals surface area contributed by atoms with Crippen molar-refractivity contribution >= 4 is 12.2 Å². The predicted molar refractivity (Wildman–Crippen MR) is 339 cm³/mol. The van der Waals surface area contributed by atoms with Crippen molar-refractivity contribution in [1.82, 2.24) is 0 Å². The summed E-state index contributed by atoms with van der Waals surface area (Å²) < 4.78 is 11.5. The van der Waals surface area contributed by atoms with E-state index in [1.165, 1.54) is 182 Å². The summed E-state index contributed by atoms with van der Waals surface area (Å²) in [6.45, 7) is 24.1. The Labute approximate surface area is 473 Å². The minimum Gasteiger partial charge on any atom is -0.494 e. The first-order valence-electron chi connectivity index (χ1n) is 31.6. The Kier molecular flexibility index (Phi) is 31.0. The third kappa shape index (κ3) is 23.6. The molecule has 0 amide bonds. The second-order valence-corrected chi connectivity index (χ2v) is 23.5. The Hall–Kier alpha value is -4.82. The van der Waals surface area contributed by atoms with Gasteiger partial charge in [0.25, 0.3) is 0 Å². The number of benzene rings is 4. The van der Waals surface area contributed by atoms with Crippen LogP contribution in [0.5, 0.6) is 11.5 Å². The lowest BCUT2D eigenvalue weighted by Crippen LogP contribution is -2.13. The van der Waals surface area contributed by atoms with Crippen LogP contribution in [0, 0.1) is 23.7 Å². The van der Waals surface area contributed by atoms with Crippen LogP contribution in [0.4, 0.5) is 0 Å². The third-order valence-corrected chi connectivity index (χ3v) is 17.6. The van der Waals surface area contributed by atoms with Crippen LogP contribution < -0.4 is 9.47 Å². The van der Waals surface area contributed by atoms with E-state index in [9.17, 15) is 0 Å². The maximum Gasteiger partial charge on any atom is 0.119 e. The average Bonchev–Trinajstić information content (AvgIpc) is 3.47. The minimum absolute atomic E-state index is 0.750. The first kappa shape index (κ1) is 63.0. The van der Waals surface area contributed by atoms with Gasteiger partial charge in [-0.3, -0.25) is 0 Å². The molecule has 4 saturated carbocycles. The van der Waals surface area contributed by atoms with Crippen molar-refractivity contribution < 1.29 is 9.47 Å². The van der Waals surface area contributed by atoms with Gasteiger partial charge in [-0.1, -0.05) is 168 Å². The van der Waals surface area contributed by atoms with Crippen molar-refractivity contribution in [2.75, 3.05) is 13.2 Å². The average molecular weight is 1040 g/mol. The topological polar surface area (TPSA) is 18.5 Å². The molecule has 77 heavy (non-hydrogen) atoms. The molecule has 4 aromatic rings. The largest absolute Gasteiger partial charge is 0.494 e. The Morgan fingerprint density at radius 3 is 0.948 bits per heavy atom. The van der Waals surface area contributed by atoms with Gasteiger partial charge in [-0.2, -0.15) is 0 Å². The number of hydrogen-bond acceptors (Lipinski definition) is 2. The van der Waals surface area contributed by atoms with E-state index < -0.39 is 0 Å². The number of ether oxygens (including phenoxy) is 2. The smallest absolute Gasteiger partial charge is 0.119 e. The Morgan fingerprint density at radius 1 is 0.364 bits per heavy atom. The Balaban J connectivity index is 0.000000190. The maximum atomic E-state index is 5.79. The highest BCUT2D eigenvalue weighted by Gasteiger charge is 2.25. The normalized spacial score (nSPS) is 23.2. The van der Waals surface area contributed by atoms with E-state index in [4.69, 9.17) is 9.47 Å². The lowest BCUT2D eigenvalue weighted by Gasteiger charge is -2.28. The van der Waals surface area contributed by atoms with Crippen LogP contribution in [-0.2, 0) is 0 Å². The van der Waals surface area contributed by atoms with Gasteiger partial charge in [-0.25, -0.2) is 0 Å². The monoisotopic (exact) mass is 1040 g/mol. The molecule has 4 aliphatic rings. The molecule has 0 aromatic heterocycles. The number of unbranched alkanes of at least 4 members (excludes halogenated alkanes) is 3. The van der Waals surface area contributed by atoms with E-state index in [0.29, 0.717) is 0 Å². The molecule has 0 saturated heterocycles. The minimum atomic E-state index is 0.750. The van der Waals surface area contributed by atoms with E-state index in [1.54, 1.807) is 5.56 Å². The van der Waals surface area contributed by atoms with Gasteiger partial charge in [0, 0.05) is 0 Å². The summed E-state index contributed by atoms with van der Waals surface area (Å²) in [7, 11) is 0. The van der Waals surface area contributed by atoms with Gasteiger partial charge in [0.05, 0.1) is 13.2 Å². The zero-order chi connectivity index (χ0) is 54.7. The molecular formula is C75H108O2. The van der Waals surface area contributed by atoms with Gasteiger partial charge in [0.15, 0.2) is 0 Å².